The smallest absolute Gasteiger partial charge is 0.339 e. The van der Waals surface area contributed by atoms with Crippen molar-refractivity contribution in [3.8, 4) is 0 Å². The number of hydrogen-bond donors (Lipinski definition) is 2. The lowest BCUT2D eigenvalue weighted by Gasteiger charge is -2.06. The molecule has 0 spiro atoms. The van der Waals surface area contributed by atoms with Crippen LogP contribution in [0.4, 0.5) is 0 Å². The van der Waals surface area contributed by atoms with Crippen LogP contribution in [0.5, 0.6) is 0 Å². The topological polar surface area (TPSA) is 79.5 Å². The summed E-state index contributed by atoms with van der Waals surface area (Å²) < 4.78 is 5.34. The van der Waals surface area contributed by atoms with Crippen LogP contribution in [0.2, 0.25) is 0 Å². The Bertz CT molecular complexity index is 760. The molecule has 0 fully saturated rings. The van der Waals surface area contributed by atoms with Gasteiger partial charge in [-0.25, -0.2) is 4.79 Å². The minimum Gasteiger partial charge on any atom is -0.478 e. The molecule has 0 saturated carbocycles. The number of carbonyl (C=O) groups excluding carboxylic acids is 1. The zero-order valence-corrected chi connectivity index (χ0v) is 13.0. The maximum Gasteiger partial charge on any atom is 0.339 e. The number of rotatable bonds is 5. The van der Waals surface area contributed by atoms with Gasteiger partial charge in [-0.05, 0) is 48.9 Å². The average molecular weight is 313 g/mol. The molecule has 1 aromatic heterocycles. The molecule has 1 aliphatic carbocycles. The van der Waals surface area contributed by atoms with Gasteiger partial charge in [-0.2, -0.15) is 0 Å². The third kappa shape index (κ3) is 3.44. The summed E-state index contributed by atoms with van der Waals surface area (Å²) in [5, 5.41) is 11.7. The van der Waals surface area contributed by atoms with Crippen molar-refractivity contribution >= 4 is 11.9 Å². The first kappa shape index (κ1) is 15.3. The molecule has 0 aliphatic heterocycles. The third-order valence-electron chi connectivity index (χ3n) is 4.19. The summed E-state index contributed by atoms with van der Waals surface area (Å²) in [5.74, 6) is -0.335. The second kappa shape index (κ2) is 6.28. The number of hydrogen-bond acceptors (Lipinski definition) is 3. The van der Waals surface area contributed by atoms with E-state index >= 15 is 0 Å². The lowest BCUT2D eigenvalue weighted by Crippen LogP contribution is -2.24. The highest BCUT2D eigenvalue weighted by Crippen LogP contribution is 2.23. The van der Waals surface area contributed by atoms with Crippen LogP contribution in [0, 0.1) is 6.92 Å². The molecule has 3 rings (SSSR count). The van der Waals surface area contributed by atoms with E-state index in [9.17, 15) is 9.59 Å². The molecule has 1 amide bonds. The zero-order chi connectivity index (χ0) is 16.4. The zero-order valence-electron chi connectivity index (χ0n) is 13.0. The van der Waals surface area contributed by atoms with Crippen LogP contribution in [0.1, 0.15) is 45.0 Å². The summed E-state index contributed by atoms with van der Waals surface area (Å²) in [6.07, 6.45) is 3.73. The fourth-order valence-corrected chi connectivity index (χ4v) is 3.01. The molecule has 5 heteroatoms. The first-order valence-electron chi connectivity index (χ1n) is 7.73. The van der Waals surface area contributed by atoms with Crippen molar-refractivity contribution in [2.75, 3.05) is 0 Å². The Labute approximate surface area is 134 Å². The van der Waals surface area contributed by atoms with Crippen LogP contribution in [-0.2, 0) is 30.6 Å². The number of carbonyl (C=O) groups is 2. The van der Waals surface area contributed by atoms with Crippen LogP contribution < -0.4 is 5.32 Å². The predicted octanol–water partition coefficient (Wildman–Crippen LogP) is 2.63. The molecule has 0 saturated heterocycles. The van der Waals surface area contributed by atoms with Crippen molar-refractivity contribution < 1.29 is 19.1 Å². The van der Waals surface area contributed by atoms with Gasteiger partial charge in [0.15, 0.2) is 0 Å². The molecule has 1 aromatic carbocycles. The van der Waals surface area contributed by atoms with Crippen LogP contribution >= 0.6 is 0 Å². The number of benzene rings is 1. The molecule has 0 bridgehead atoms. The van der Waals surface area contributed by atoms with E-state index in [0.717, 1.165) is 18.4 Å². The van der Waals surface area contributed by atoms with Crippen LogP contribution in [0.15, 0.2) is 28.7 Å². The SMILES string of the molecule is Cc1oc(CNC(=O)Cc2ccc3c(c2)CCC3)cc1C(=O)O. The highest BCUT2D eigenvalue weighted by molar-refractivity contribution is 5.88. The van der Waals surface area contributed by atoms with Crippen molar-refractivity contribution in [2.45, 2.75) is 39.2 Å². The number of amides is 1. The maximum absolute atomic E-state index is 12.0. The second-order valence-corrected chi connectivity index (χ2v) is 5.90. The van der Waals surface area contributed by atoms with E-state index in [2.05, 4.69) is 17.4 Å². The minimum atomic E-state index is -1.03. The van der Waals surface area contributed by atoms with Gasteiger partial charge < -0.3 is 14.8 Å². The van der Waals surface area contributed by atoms with Crippen molar-refractivity contribution in [1.82, 2.24) is 5.32 Å². The molecule has 2 N–H and O–H groups in total. The van der Waals surface area contributed by atoms with Gasteiger partial charge in [-0.15, -0.1) is 0 Å². The number of fused-ring (bicyclic) bond motifs is 1. The summed E-state index contributed by atoms with van der Waals surface area (Å²) in [6, 6.07) is 7.68. The average Bonchev–Trinajstić information content (AvgIpc) is 3.10. The van der Waals surface area contributed by atoms with E-state index in [-0.39, 0.29) is 18.0 Å². The Morgan fingerprint density at radius 1 is 1.22 bits per heavy atom. The van der Waals surface area contributed by atoms with E-state index in [1.165, 1.54) is 23.6 Å². The lowest BCUT2D eigenvalue weighted by molar-refractivity contribution is -0.120. The molecule has 1 aliphatic rings. The number of aryl methyl sites for hydroxylation is 3. The lowest BCUT2D eigenvalue weighted by atomic mass is 10.0. The predicted molar refractivity (Wildman–Crippen MR) is 84.4 cm³/mol. The van der Waals surface area contributed by atoms with E-state index in [1.54, 1.807) is 6.92 Å². The van der Waals surface area contributed by atoms with E-state index < -0.39 is 5.97 Å². The Morgan fingerprint density at radius 3 is 2.74 bits per heavy atom. The molecule has 2 aromatic rings. The largest absolute Gasteiger partial charge is 0.478 e. The molecule has 0 unspecified atom stereocenters. The summed E-state index contributed by atoms with van der Waals surface area (Å²) in [5.41, 5.74) is 3.88. The van der Waals surface area contributed by atoms with Crippen molar-refractivity contribution in [3.05, 3.63) is 58.0 Å². The number of furan rings is 1. The fraction of sp³-hybridized carbons (Fsp3) is 0.333. The number of carboxylic acid groups (broad SMARTS) is 1. The van der Waals surface area contributed by atoms with Gasteiger partial charge in [0, 0.05) is 0 Å². The first-order valence-corrected chi connectivity index (χ1v) is 7.73. The van der Waals surface area contributed by atoms with Crippen LogP contribution in [-0.4, -0.2) is 17.0 Å². The molecule has 23 heavy (non-hydrogen) atoms. The highest BCUT2D eigenvalue weighted by Gasteiger charge is 2.15. The van der Waals surface area contributed by atoms with E-state index in [1.807, 2.05) is 6.07 Å². The fourth-order valence-electron chi connectivity index (χ4n) is 3.01. The van der Waals surface area contributed by atoms with Crippen LogP contribution in [0.3, 0.4) is 0 Å². The van der Waals surface area contributed by atoms with Crippen molar-refractivity contribution in [1.29, 1.82) is 0 Å². The van der Waals surface area contributed by atoms with Gasteiger partial charge >= 0.3 is 5.97 Å². The minimum absolute atomic E-state index is 0.103. The molecule has 0 radical (unpaired) electrons. The Kier molecular flexibility index (Phi) is 4.19. The van der Waals surface area contributed by atoms with Gasteiger partial charge in [0.05, 0.1) is 13.0 Å². The monoisotopic (exact) mass is 313 g/mol. The van der Waals surface area contributed by atoms with Gasteiger partial charge in [0.1, 0.15) is 17.1 Å². The molecular formula is C18H19NO4. The van der Waals surface area contributed by atoms with Crippen molar-refractivity contribution in [3.63, 3.8) is 0 Å². The Morgan fingerprint density at radius 2 is 2.00 bits per heavy atom. The second-order valence-electron chi connectivity index (χ2n) is 5.90. The molecule has 5 nitrogen and oxygen atoms in total. The highest BCUT2D eigenvalue weighted by atomic mass is 16.4. The van der Waals surface area contributed by atoms with Gasteiger partial charge in [0.25, 0.3) is 0 Å². The number of aromatic carboxylic acids is 1. The third-order valence-corrected chi connectivity index (χ3v) is 4.19. The van der Waals surface area contributed by atoms with Crippen LogP contribution in [0.25, 0.3) is 0 Å². The molecule has 0 atom stereocenters. The summed E-state index contributed by atoms with van der Waals surface area (Å²) >= 11 is 0. The van der Waals surface area contributed by atoms with Gasteiger partial charge in [-0.3, -0.25) is 4.79 Å². The quantitative estimate of drug-likeness (QED) is 0.889. The Balaban J connectivity index is 1.57. The first-order chi connectivity index (χ1) is 11.0. The van der Waals surface area contributed by atoms with Gasteiger partial charge in [-0.1, -0.05) is 18.2 Å². The summed E-state index contributed by atoms with van der Waals surface area (Å²) in [4.78, 5) is 23.0. The van der Waals surface area contributed by atoms with Crippen molar-refractivity contribution in [2.24, 2.45) is 0 Å². The Hall–Kier alpha value is -2.56. The molecular weight excluding hydrogens is 294 g/mol. The standard InChI is InChI=1S/C18H19NO4/c1-11-16(18(21)22)9-15(23-11)10-19-17(20)8-12-5-6-13-3-2-4-14(13)7-12/h5-7,9H,2-4,8,10H2,1H3,(H,19,20)(H,21,22). The molecule has 1 heterocycles. The summed E-state index contributed by atoms with van der Waals surface area (Å²) in [7, 11) is 0. The van der Waals surface area contributed by atoms with Gasteiger partial charge in [0.2, 0.25) is 5.91 Å². The normalized spacial score (nSPS) is 12.9. The number of nitrogens with one attached hydrogen (secondary N) is 1. The number of carboxylic acids is 1. The van der Waals surface area contributed by atoms with E-state index in [0.29, 0.717) is 17.9 Å². The molecule has 120 valence electrons. The maximum atomic E-state index is 12.0. The van der Waals surface area contributed by atoms with E-state index in [4.69, 9.17) is 9.52 Å². The summed E-state index contributed by atoms with van der Waals surface area (Å²) in [6.45, 7) is 1.79.